The number of hydrogen-bond acceptors (Lipinski definition) is 3. The maximum absolute atomic E-state index is 11.6. The summed E-state index contributed by atoms with van der Waals surface area (Å²) in [5, 5.41) is 15.2. The van der Waals surface area contributed by atoms with Gasteiger partial charge in [-0.05, 0) is 31.5 Å². The van der Waals surface area contributed by atoms with Crippen LogP contribution in [0.1, 0.15) is 25.8 Å². The van der Waals surface area contributed by atoms with Crippen molar-refractivity contribution in [3.05, 3.63) is 28.8 Å². The van der Waals surface area contributed by atoms with Crippen LogP contribution in [-0.4, -0.2) is 18.5 Å². The molecule has 0 aliphatic carbocycles. The average molecular weight is 266 g/mol. The lowest BCUT2D eigenvalue weighted by atomic mass is 10.2. The van der Waals surface area contributed by atoms with Crippen molar-refractivity contribution in [1.29, 1.82) is 5.26 Å². The molecule has 0 saturated carbocycles. The molecule has 0 aromatic heterocycles. The number of halogens is 1. The van der Waals surface area contributed by atoms with Gasteiger partial charge >= 0.3 is 0 Å². The fourth-order valence-corrected chi connectivity index (χ4v) is 1.54. The maximum atomic E-state index is 11.6. The van der Waals surface area contributed by atoms with Crippen molar-refractivity contribution in [3.63, 3.8) is 0 Å². The van der Waals surface area contributed by atoms with Crippen molar-refractivity contribution in [1.82, 2.24) is 5.32 Å². The summed E-state index contributed by atoms with van der Waals surface area (Å²) in [6.07, 6.45) is 0.881. The first-order valence-corrected chi connectivity index (χ1v) is 6.17. The van der Waals surface area contributed by atoms with Crippen molar-refractivity contribution in [2.75, 3.05) is 11.9 Å². The van der Waals surface area contributed by atoms with Crippen LogP contribution in [-0.2, 0) is 4.79 Å². The molecule has 1 amide bonds. The van der Waals surface area contributed by atoms with E-state index in [0.29, 0.717) is 16.3 Å². The number of carbonyl (C=O) groups is 1. The summed E-state index contributed by atoms with van der Waals surface area (Å²) in [5.41, 5.74) is 1.04. The summed E-state index contributed by atoms with van der Waals surface area (Å²) in [6, 6.07) is 7.09. The van der Waals surface area contributed by atoms with Crippen LogP contribution in [0.4, 0.5) is 5.69 Å². The molecule has 0 heterocycles. The quantitative estimate of drug-likeness (QED) is 0.860. The number of hydrogen-bond donors (Lipinski definition) is 2. The summed E-state index contributed by atoms with van der Waals surface area (Å²) in [5.74, 6) is -0.104. The number of nitriles is 1. The van der Waals surface area contributed by atoms with Crippen LogP contribution in [0.2, 0.25) is 5.02 Å². The molecule has 1 atom stereocenters. The van der Waals surface area contributed by atoms with E-state index in [1.165, 1.54) is 0 Å². The van der Waals surface area contributed by atoms with Crippen LogP contribution in [0.25, 0.3) is 0 Å². The highest BCUT2D eigenvalue weighted by atomic mass is 35.5. The van der Waals surface area contributed by atoms with Gasteiger partial charge in [0.2, 0.25) is 5.91 Å². The van der Waals surface area contributed by atoms with Gasteiger partial charge in [0.15, 0.2) is 0 Å². The Morgan fingerprint density at radius 3 is 2.89 bits per heavy atom. The van der Waals surface area contributed by atoms with E-state index < -0.39 is 0 Å². The van der Waals surface area contributed by atoms with Gasteiger partial charge in [-0.3, -0.25) is 4.79 Å². The minimum atomic E-state index is -0.104. The monoisotopic (exact) mass is 265 g/mol. The normalized spacial score (nSPS) is 11.4. The Kier molecular flexibility index (Phi) is 5.47. The fraction of sp³-hybridized carbons (Fsp3) is 0.385. The molecule has 0 radical (unpaired) electrons. The zero-order valence-electron chi connectivity index (χ0n) is 10.5. The van der Waals surface area contributed by atoms with Gasteiger partial charge in [0.05, 0.1) is 17.8 Å². The van der Waals surface area contributed by atoms with Crippen LogP contribution in [0.5, 0.6) is 0 Å². The Balaban J connectivity index is 2.61. The van der Waals surface area contributed by atoms with E-state index in [1.54, 1.807) is 18.2 Å². The van der Waals surface area contributed by atoms with Crippen molar-refractivity contribution in [2.45, 2.75) is 26.3 Å². The highest BCUT2D eigenvalue weighted by molar-refractivity contribution is 6.30. The number of rotatable bonds is 5. The van der Waals surface area contributed by atoms with Crippen molar-refractivity contribution >= 4 is 23.2 Å². The van der Waals surface area contributed by atoms with Gasteiger partial charge in [0.25, 0.3) is 0 Å². The number of anilines is 1. The molecule has 0 bridgehead atoms. The second-order valence-corrected chi connectivity index (χ2v) is 4.47. The topological polar surface area (TPSA) is 64.9 Å². The standard InChI is InChI=1S/C13H16ClN3O/c1-3-9(2)17-13(18)8-16-12-6-11(14)5-4-10(12)7-15/h4-6,9,16H,3,8H2,1-2H3,(H,17,18). The highest BCUT2D eigenvalue weighted by Gasteiger charge is 2.07. The molecule has 2 N–H and O–H groups in total. The summed E-state index contributed by atoms with van der Waals surface area (Å²) in [4.78, 5) is 11.6. The molecule has 18 heavy (non-hydrogen) atoms. The SMILES string of the molecule is CCC(C)NC(=O)CNc1cc(Cl)ccc1C#N. The van der Waals surface area contributed by atoms with E-state index in [2.05, 4.69) is 10.6 Å². The molecule has 96 valence electrons. The zero-order valence-corrected chi connectivity index (χ0v) is 11.2. The van der Waals surface area contributed by atoms with E-state index >= 15 is 0 Å². The second-order valence-electron chi connectivity index (χ2n) is 4.03. The van der Waals surface area contributed by atoms with Gasteiger partial charge in [0, 0.05) is 11.1 Å². The van der Waals surface area contributed by atoms with Crippen molar-refractivity contribution in [2.24, 2.45) is 0 Å². The van der Waals surface area contributed by atoms with Gasteiger partial charge in [-0.2, -0.15) is 5.26 Å². The maximum Gasteiger partial charge on any atom is 0.239 e. The second kappa shape index (κ2) is 6.87. The Morgan fingerprint density at radius 1 is 1.56 bits per heavy atom. The third-order valence-corrected chi connectivity index (χ3v) is 2.80. The molecule has 5 heteroatoms. The Hall–Kier alpha value is -1.73. The molecule has 0 spiro atoms. The Morgan fingerprint density at radius 2 is 2.28 bits per heavy atom. The first kappa shape index (κ1) is 14.3. The lowest BCUT2D eigenvalue weighted by Gasteiger charge is -2.13. The lowest BCUT2D eigenvalue weighted by Crippen LogP contribution is -2.36. The van der Waals surface area contributed by atoms with Gasteiger partial charge in [-0.15, -0.1) is 0 Å². The van der Waals surface area contributed by atoms with Crippen molar-refractivity contribution < 1.29 is 4.79 Å². The average Bonchev–Trinajstić information content (AvgIpc) is 2.36. The predicted octanol–water partition coefficient (Wildman–Crippen LogP) is 2.54. The third kappa shape index (κ3) is 4.27. The largest absolute Gasteiger partial charge is 0.375 e. The third-order valence-electron chi connectivity index (χ3n) is 2.56. The molecular weight excluding hydrogens is 250 g/mol. The van der Waals surface area contributed by atoms with Gasteiger partial charge in [-0.1, -0.05) is 18.5 Å². The van der Waals surface area contributed by atoms with Crippen LogP contribution in [0, 0.1) is 11.3 Å². The van der Waals surface area contributed by atoms with Crippen LogP contribution < -0.4 is 10.6 Å². The molecule has 1 rings (SSSR count). The van der Waals surface area contributed by atoms with E-state index in [1.807, 2.05) is 19.9 Å². The van der Waals surface area contributed by atoms with E-state index in [4.69, 9.17) is 16.9 Å². The summed E-state index contributed by atoms with van der Waals surface area (Å²) in [6.45, 7) is 4.07. The minimum absolute atomic E-state index is 0.104. The fourth-order valence-electron chi connectivity index (χ4n) is 1.36. The molecule has 0 aliphatic rings. The van der Waals surface area contributed by atoms with Crippen LogP contribution >= 0.6 is 11.6 Å². The summed E-state index contributed by atoms with van der Waals surface area (Å²) >= 11 is 5.85. The molecule has 1 aromatic carbocycles. The first-order chi connectivity index (χ1) is 8.56. The first-order valence-electron chi connectivity index (χ1n) is 5.79. The molecule has 1 unspecified atom stereocenters. The number of benzene rings is 1. The molecule has 0 aliphatic heterocycles. The number of nitrogens with one attached hydrogen (secondary N) is 2. The zero-order chi connectivity index (χ0) is 13.5. The van der Waals surface area contributed by atoms with Gasteiger partial charge in [-0.25, -0.2) is 0 Å². The number of nitrogens with zero attached hydrogens (tertiary/aromatic N) is 1. The van der Waals surface area contributed by atoms with Crippen LogP contribution in [0.15, 0.2) is 18.2 Å². The van der Waals surface area contributed by atoms with Crippen molar-refractivity contribution in [3.8, 4) is 6.07 Å². The Labute approximate surface area is 112 Å². The lowest BCUT2D eigenvalue weighted by molar-refractivity contribution is -0.120. The molecule has 1 aromatic rings. The van der Waals surface area contributed by atoms with Gasteiger partial charge < -0.3 is 10.6 Å². The van der Waals surface area contributed by atoms with E-state index in [0.717, 1.165) is 6.42 Å². The highest BCUT2D eigenvalue weighted by Crippen LogP contribution is 2.19. The molecule has 4 nitrogen and oxygen atoms in total. The smallest absolute Gasteiger partial charge is 0.239 e. The number of amides is 1. The molecule has 0 fully saturated rings. The van der Waals surface area contributed by atoms with E-state index in [9.17, 15) is 4.79 Å². The number of carbonyl (C=O) groups excluding carboxylic acids is 1. The molecular formula is C13H16ClN3O. The Bertz CT molecular complexity index is 468. The predicted molar refractivity (Wildman–Crippen MR) is 72.6 cm³/mol. The minimum Gasteiger partial charge on any atom is -0.375 e. The van der Waals surface area contributed by atoms with Gasteiger partial charge in [0.1, 0.15) is 6.07 Å². The summed E-state index contributed by atoms with van der Waals surface area (Å²) in [7, 11) is 0. The van der Waals surface area contributed by atoms with Crippen LogP contribution in [0.3, 0.4) is 0 Å². The summed E-state index contributed by atoms with van der Waals surface area (Å²) < 4.78 is 0. The van der Waals surface area contributed by atoms with E-state index in [-0.39, 0.29) is 18.5 Å². The molecule has 0 saturated heterocycles.